The molecule has 0 saturated heterocycles. The van der Waals surface area contributed by atoms with Gasteiger partial charge in [0.25, 0.3) is 0 Å². The van der Waals surface area contributed by atoms with Crippen LogP contribution in [0.15, 0.2) is 42.5 Å². The van der Waals surface area contributed by atoms with Crippen molar-refractivity contribution >= 4 is 62.3 Å². The number of carbonyl (C=O) groups excluding carboxylic acids is 2. The van der Waals surface area contributed by atoms with Crippen molar-refractivity contribution in [2.45, 2.75) is 76.9 Å². The zero-order valence-corrected chi connectivity index (χ0v) is 25.4. The standard InChI is InChI=1S/C28H36Cl3N3O4S/c1-3-26(28(36)32-23-10-5-4-6-11-23)33(19-20-14-15-22(30)18-25(20)31)27(35)13-8-16-34(39(2,37)38)24-12-7-9-21(29)17-24/h7,9,12,14-15,17-18,23,26H,3-6,8,10-11,13,16,19H2,1-2H3,(H,32,36)/t26-/m0/s1. The van der Waals surface area contributed by atoms with E-state index >= 15 is 0 Å². The van der Waals surface area contributed by atoms with Crippen molar-refractivity contribution in [1.29, 1.82) is 0 Å². The number of hydrogen-bond donors (Lipinski definition) is 1. The Bertz CT molecular complexity index is 1250. The molecule has 39 heavy (non-hydrogen) atoms. The molecule has 0 radical (unpaired) electrons. The Hall–Kier alpha value is -2.00. The fourth-order valence-corrected chi connectivity index (χ4v) is 6.54. The van der Waals surface area contributed by atoms with E-state index in [4.69, 9.17) is 34.8 Å². The molecule has 3 rings (SSSR count). The van der Waals surface area contributed by atoms with E-state index in [0.717, 1.165) is 31.9 Å². The van der Waals surface area contributed by atoms with E-state index in [1.807, 2.05) is 6.92 Å². The Morgan fingerprint density at radius 2 is 1.72 bits per heavy atom. The van der Waals surface area contributed by atoms with Crippen LogP contribution in [0.25, 0.3) is 0 Å². The summed E-state index contributed by atoms with van der Waals surface area (Å²) in [7, 11) is -3.61. The van der Waals surface area contributed by atoms with Gasteiger partial charge in [0.15, 0.2) is 0 Å². The third kappa shape index (κ3) is 9.27. The molecule has 0 heterocycles. The maximum absolute atomic E-state index is 13.6. The van der Waals surface area contributed by atoms with Crippen molar-refractivity contribution < 1.29 is 18.0 Å². The second-order valence-electron chi connectivity index (χ2n) is 9.94. The lowest BCUT2D eigenvalue weighted by Gasteiger charge is -2.33. The second kappa shape index (κ2) is 14.6. The van der Waals surface area contributed by atoms with Crippen LogP contribution >= 0.6 is 34.8 Å². The van der Waals surface area contributed by atoms with E-state index in [9.17, 15) is 18.0 Å². The van der Waals surface area contributed by atoms with E-state index < -0.39 is 16.1 Å². The van der Waals surface area contributed by atoms with Gasteiger partial charge in [0, 0.05) is 40.6 Å². The van der Waals surface area contributed by atoms with Crippen LogP contribution in [0.4, 0.5) is 5.69 Å². The Labute approximate surface area is 246 Å². The van der Waals surface area contributed by atoms with E-state index in [1.165, 1.54) is 10.7 Å². The Balaban J connectivity index is 1.78. The van der Waals surface area contributed by atoms with E-state index in [0.29, 0.717) is 32.7 Å². The molecule has 214 valence electrons. The van der Waals surface area contributed by atoms with Gasteiger partial charge in [0.2, 0.25) is 21.8 Å². The number of carbonyl (C=O) groups is 2. The smallest absolute Gasteiger partial charge is 0.243 e. The van der Waals surface area contributed by atoms with Gasteiger partial charge in [-0.05, 0) is 61.6 Å². The number of nitrogens with zero attached hydrogens (tertiary/aromatic N) is 2. The molecule has 1 aliphatic rings. The molecule has 0 aromatic heterocycles. The first-order valence-electron chi connectivity index (χ1n) is 13.3. The summed E-state index contributed by atoms with van der Waals surface area (Å²) < 4.78 is 26.2. The van der Waals surface area contributed by atoms with Crippen LogP contribution < -0.4 is 9.62 Å². The molecule has 2 aromatic carbocycles. The molecule has 2 amide bonds. The fourth-order valence-electron chi connectivity index (χ4n) is 4.93. The van der Waals surface area contributed by atoms with Gasteiger partial charge in [-0.1, -0.05) is 73.1 Å². The molecular formula is C28H36Cl3N3O4S. The maximum atomic E-state index is 13.6. The number of sulfonamides is 1. The lowest BCUT2D eigenvalue weighted by atomic mass is 9.95. The molecule has 0 spiro atoms. The summed E-state index contributed by atoms with van der Waals surface area (Å²) in [6.45, 7) is 2.10. The van der Waals surface area contributed by atoms with Crippen LogP contribution in [0.2, 0.25) is 15.1 Å². The van der Waals surface area contributed by atoms with Crippen molar-refractivity contribution in [1.82, 2.24) is 10.2 Å². The lowest BCUT2D eigenvalue weighted by Crippen LogP contribution is -2.51. The Morgan fingerprint density at radius 1 is 1.03 bits per heavy atom. The Kier molecular flexibility index (Phi) is 11.8. The Morgan fingerprint density at radius 3 is 2.33 bits per heavy atom. The van der Waals surface area contributed by atoms with Crippen LogP contribution in [-0.2, 0) is 26.2 Å². The number of amides is 2. The second-order valence-corrected chi connectivity index (χ2v) is 13.1. The van der Waals surface area contributed by atoms with Crippen molar-refractivity contribution in [3.8, 4) is 0 Å². The molecule has 0 bridgehead atoms. The molecule has 1 atom stereocenters. The summed E-state index contributed by atoms with van der Waals surface area (Å²) in [5.41, 5.74) is 1.11. The van der Waals surface area contributed by atoms with Gasteiger partial charge in [-0.25, -0.2) is 8.42 Å². The largest absolute Gasteiger partial charge is 0.352 e. The minimum Gasteiger partial charge on any atom is -0.352 e. The van der Waals surface area contributed by atoms with Gasteiger partial charge in [-0.2, -0.15) is 0 Å². The molecule has 1 fully saturated rings. The number of benzene rings is 2. The molecule has 0 unspecified atom stereocenters. The summed E-state index contributed by atoms with van der Waals surface area (Å²) in [5.74, 6) is -0.439. The fraction of sp³-hybridized carbons (Fsp3) is 0.500. The number of nitrogens with one attached hydrogen (secondary N) is 1. The van der Waals surface area contributed by atoms with Gasteiger partial charge < -0.3 is 10.2 Å². The normalized spacial score (nSPS) is 15.0. The van der Waals surface area contributed by atoms with Crippen LogP contribution in [0.5, 0.6) is 0 Å². The first-order chi connectivity index (χ1) is 18.5. The first kappa shape index (κ1) is 31.5. The summed E-state index contributed by atoms with van der Waals surface area (Å²) in [6.07, 6.45) is 7.04. The summed E-state index contributed by atoms with van der Waals surface area (Å²) >= 11 is 18.6. The number of hydrogen-bond acceptors (Lipinski definition) is 4. The summed E-state index contributed by atoms with van der Waals surface area (Å²) in [5, 5.41) is 4.45. The molecule has 11 heteroatoms. The quantitative estimate of drug-likeness (QED) is 0.297. The minimum atomic E-state index is -3.61. The maximum Gasteiger partial charge on any atom is 0.243 e. The molecule has 1 saturated carbocycles. The third-order valence-electron chi connectivity index (χ3n) is 6.94. The van der Waals surface area contributed by atoms with Gasteiger partial charge in [-0.3, -0.25) is 13.9 Å². The van der Waals surface area contributed by atoms with Crippen LogP contribution in [0, 0.1) is 0 Å². The zero-order chi connectivity index (χ0) is 28.6. The average Bonchev–Trinajstić information content (AvgIpc) is 2.87. The minimum absolute atomic E-state index is 0.0466. The predicted octanol–water partition coefficient (Wildman–Crippen LogP) is 6.45. The molecule has 7 nitrogen and oxygen atoms in total. The highest BCUT2D eigenvalue weighted by Crippen LogP contribution is 2.26. The van der Waals surface area contributed by atoms with Gasteiger partial charge in [0.05, 0.1) is 11.9 Å². The molecular weight excluding hydrogens is 581 g/mol. The van der Waals surface area contributed by atoms with Crippen LogP contribution in [0.3, 0.4) is 0 Å². The van der Waals surface area contributed by atoms with Crippen LogP contribution in [-0.4, -0.2) is 50.0 Å². The van der Waals surface area contributed by atoms with Gasteiger partial charge >= 0.3 is 0 Å². The zero-order valence-electron chi connectivity index (χ0n) is 22.3. The molecule has 2 aromatic rings. The molecule has 1 N–H and O–H groups in total. The highest BCUT2D eigenvalue weighted by Gasteiger charge is 2.31. The SMILES string of the molecule is CC[C@@H](C(=O)NC1CCCCC1)N(Cc1ccc(Cl)cc1Cl)C(=O)CCCN(c1cccc(Cl)c1)S(C)(=O)=O. The van der Waals surface area contributed by atoms with Crippen molar-refractivity contribution in [2.24, 2.45) is 0 Å². The highest BCUT2D eigenvalue weighted by atomic mass is 35.5. The van der Waals surface area contributed by atoms with Crippen molar-refractivity contribution in [2.75, 3.05) is 17.1 Å². The predicted molar refractivity (Wildman–Crippen MR) is 159 cm³/mol. The van der Waals surface area contributed by atoms with Gasteiger partial charge in [0.1, 0.15) is 6.04 Å². The topological polar surface area (TPSA) is 86.8 Å². The summed E-state index contributed by atoms with van der Waals surface area (Å²) in [4.78, 5) is 28.6. The monoisotopic (exact) mass is 615 g/mol. The number of anilines is 1. The molecule has 1 aliphatic carbocycles. The number of halogens is 3. The highest BCUT2D eigenvalue weighted by molar-refractivity contribution is 7.92. The lowest BCUT2D eigenvalue weighted by molar-refractivity contribution is -0.141. The van der Waals surface area contributed by atoms with E-state index in [2.05, 4.69) is 5.32 Å². The number of rotatable bonds is 12. The van der Waals surface area contributed by atoms with Crippen LogP contribution in [0.1, 0.15) is 63.9 Å². The van der Waals surface area contributed by atoms with Gasteiger partial charge in [-0.15, -0.1) is 0 Å². The summed E-state index contributed by atoms with van der Waals surface area (Å²) in [6, 6.07) is 11.0. The first-order valence-corrected chi connectivity index (χ1v) is 16.2. The van der Waals surface area contributed by atoms with E-state index in [-0.39, 0.29) is 43.8 Å². The average molecular weight is 617 g/mol. The molecule has 0 aliphatic heterocycles. The van der Waals surface area contributed by atoms with E-state index in [1.54, 1.807) is 47.4 Å². The van der Waals surface area contributed by atoms with Crippen molar-refractivity contribution in [3.05, 3.63) is 63.1 Å². The van der Waals surface area contributed by atoms with Crippen molar-refractivity contribution in [3.63, 3.8) is 0 Å². The third-order valence-corrected chi connectivity index (χ3v) is 8.96.